The zero-order valence-electron chi connectivity index (χ0n) is 16.4. The van der Waals surface area contributed by atoms with Crippen molar-refractivity contribution in [3.8, 4) is 0 Å². The molecule has 5 amide bonds. The van der Waals surface area contributed by atoms with Gasteiger partial charge in [0.05, 0.1) is 12.6 Å². The summed E-state index contributed by atoms with van der Waals surface area (Å²) in [6.07, 6.45) is 0.649. The van der Waals surface area contributed by atoms with E-state index in [2.05, 4.69) is 5.32 Å². The lowest BCUT2D eigenvalue weighted by molar-refractivity contribution is -0.144. The van der Waals surface area contributed by atoms with E-state index in [4.69, 9.17) is 0 Å². The number of amides is 5. The van der Waals surface area contributed by atoms with E-state index in [9.17, 15) is 19.2 Å². The molecule has 1 aliphatic rings. The molecule has 7 heteroatoms. The Labute approximate surface area is 169 Å². The van der Waals surface area contributed by atoms with E-state index in [1.165, 1.54) is 0 Å². The number of carbonyl (C=O) groups excluding carboxylic acids is 4. The monoisotopic (exact) mass is 393 g/mol. The van der Waals surface area contributed by atoms with Crippen LogP contribution in [0.15, 0.2) is 54.6 Å². The Morgan fingerprint density at radius 1 is 0.931 bits per heavy atom. The first-order chi connectivity index (χ1) is 13.9. The van der Waals surface area contributed by atoms with E-state index >= 15 is 0 Å². The van der Waals surface area contributed by atoms with Crippen LogP contribution in [0.1, 0.15) is 36.1 Å². The molecule has 0 aromatic heterocycles. The van der Waals surface area contributed by atoms with Crippen LogP contribution in [-0.2, 0) is 20.9 Å². The molecule has 1 fully saturated rings. The molecule has 150 valence electrons. The summed E-state index contributed by atoms with van der Waals surface area (Å²) in [5.41, 5.74) is 2.77. The Bertz CT molecular complexity index is 925. The van der Waals surface area contributed by atoms with E-state index in [0.717, 1.165) is 21.6 Å². The first kappa shape index (κ1) is 20.3. The van der Waals surface area contributed by atoms with Crippen molar-refractivity contribution in [2.24, 2.45) is 0 Å². The van der Waals surface area contributed by atoms with Crippen molar-refractivity contribution >= 4 is 23.8 Å². The van der Waals surface area contributed by atoms with Crippen molar-refractivity contribution in [2.45, 2.75) is 32.9 Å². The Kier molecular flexibility index (Phi) is 6.07. The minimum absolute atomic E-state index is 0.0106. The van der Waals surface area contributed by atoms with Gasteiger partial charge in [-0.3, -0.25) is 19.3 Å². The van der Waals surface area contributed by atoms with Crippen LogP contribution in [0, 0.1) is 6.92 Å². The van der Waals surface area contributed by atoms with Crippen molar-refractivity contribution in [3.05, 3.63) is 71.3 Å². The van der Waals surface area contributed by atoms with Gasteiger partial charge in [0.15, 0.2) is 0 Å². The van der Waals surface area contributed by atoms with Crippen molar-refractivity contribution in [1.29, 1.82) is 0 Å². The smallest absolute Gasteiger partial charge is 0.335 e. The number of imide groups is 2. The molecule has 0 saturated carbocycles. The Morgan fingerprint density at radius 2 is 1.55 bits per heavy atom. The highest BCUT2D eigenvalue weighted by molar-refractivity contribution is 6.44. The third-order valence-electron chi connectivity index (χ3n) is 4.84. The maximum absolute atomic E-state index is 12.6. The predicted octanol–water partition coefficient (Wildman–Crippen LogP) is 2.55. The molecule has 2 aromatic carbocycles. The second kappa shape index (κ2) is 8.68. The maximum Gasteiger partial charge on any atom is 0.335 e. The summed E-state index contributed by atoms with van der Waals surface area (Å²) < 4.78 is 0. The Morgan fingerprint density at radius 3 is 2.17 bits per heavy atom. The van der Waals surface area contributed by atoms with Crippen LogP contribution >= 0.6 is 0 Å². The molecule has 1 atom stereocenters. The molecule has 2 aromatic rings. The third-order valence-corrected chi connectivity index (χ3v) is 4.84. The van der Waals surface area contributed by atoms with Crippen molar-refractivity contribution in [2.75, 3.05) is 6.54 Å². The molecule has 1 saturated heterocycles. The number of benzene rings is 2. The molecule has 0 radical (unpaired) electrons. The molecule has 1 aliphatic heterocycles. The first-order valence-electron chi connectivity index (χ1n) is 9.48. The summed E-state index contributed by atoms with van der Waals surface area (Å²) in [5.74, 6) is -2.39. The highest BCUT2D eigenvalue weighted by Gasteiger charge is 2.45. The van der Waals surface area contributed by atoms with E-state index in [-0.39, 0.29) is 12.6 Å². The van der Waals surface area contributed by atoms with Gasteiger partial charge in [0, 0.05) is 0 Å². The Balaban J connectivity index is 1.66. The fourth-order valence-electron chi connectivity index (χ4n) is 3.20. The van der Waals surface area contributed by atoms with Gasteiger partial charge in [-0.15, -0.1) is 0 Å². The summed E-state index contributed by atoms with van der Waals surface area (Å²) in [5, 5.41) is 2.83. The number of rotatable bonds is 7. The number of nitrogens with zero attached hydrogens (tertiary/aromatic N) is 2. The van der Waals surface area contributed by atoms with Crippen molar-refractivity contribution in [1.82, 2.24) is 15.1 Å². The van der Waals surface area contributed by atoms with Crippen LogP contribution in [0.5, 0.6) is 0 Å². The zero-order valence-corrected chi connectivity index (χ0v) is 16.4. The maximum atomic E-state index is 12.6. The van der Waals surface area contributed by atoms with Gasteiger partial charge in [0.25, 0.3) is 0 Å². The second-order valence-corrected chi connectivity index (χ2v) is 6.99. The molecule has 7 nitrogen and oxygen atoms in total. The number of carbonyl (C=O) groups is 4. The highest BCUT2D eigenvalue weighted by atomic mass is 16.2. The molecule has 0 unspecified atom stereocenters. The molecule has 0 aliphatic carbocycles. The van der Waals surface area contributed by atoms with E-state index in [1.54, 1.807) is 24.3 Å². The highest BCUT2D eigenvalue weighted by Crippen LogP contribution is 2.19. The van der Waals surface area contributed by atoms with Crippen molar-refractivity contribution in [3.63, 3.8) is 0 Å². The topological polar surface area (TPSA) is 86.8 Å². The summed E-state index contributed by atoms with van der Waals surface area (Å²) in [6.45, 7) is 3.41. The SMILES string of the molecule is CC[C@@H](NC(=O)CN1C(=O)C(=O)N(Cc2ccccc2)C1=O)c1ccc(C)cc1. The van der Waals surface area contributed by atoms with E-state index < -0.39 is 30.3 Å². The van der Waals surface area contributed by atoms with E-state index in [0.29, 0.717) is 11.3 Å². The summed E-state index contributed by atoms with van der Waals surface area (Å²) in [4.78, 5) is 51.1. The van der Waals surface area contributed by atoms with Crippen LogP contribution in [-0.4, -0.2) is 40.1 Å². The molecule has 3 rings (SSSR count). The Hall–Kier alpha value is -3.48. The van der Waals surface area contributed by atoms with Gasteiger partial charge >= 0.3 is 17.8 Å². The van der Waals surface area contributed by atoms with Gasteiger partial charge in [0.2, 0.25) is 5.91 Å². The number of nitrogens with one attached hydrogen (secondary N) is 1. The molecule has 29 heavy (non-hydrogen) atoms. The van der Waals surface area contributed by atoms with Gasteiger partial charge in [0.1, 0.15) is 6.54 Å². The fourth-order valence-corrected chi connectivity index (χ4v) is 3.20. The van der Waals surface area contributed by atoms with Crippen LogP contribution in [0.3, 0.4) is 0 Å². The molecule has 0 spiro atoms. The van der Waals surface area contributed by atoms with Gasteiger partial charge < -0.3 is 5.32 Å². The number of aryl methyl sites for hydroxylation is 1. The van der Waals surface area contributed by atoms with Crippen LogP contribution in [0.25, 0.3) is 0 Å². The number of hydrogen-bond donors (Lipinski definition) is 1. The first-order valence-corrected chi connectivity index (χ1v) is 9.48. The summed E-state index contributed by atoms with van der Waals surface area (Å²) in [7, 11) is 0. The molecular formula is C22H23N3O4. The summed E-state index contributed by atoms with van der Waals surface area (Å²) in [6, 6.07) is 15.7. The molecule has 0 bridgehead atoms. The van der Waals surface area contributed by atoms with Crippen LogP contribution in [0.2, 0.25) is 0 Å². The van der Waals surface area contributed by atoms with E-state index in [1.807, 2.05) is 44.2 Å². The van der Waals surface area contributed by atoms with Gasteiger partial charge in [-0.2, -0.15) is 0 Å². The number of hydrogen-bond acceptors (Lipinski definition) is 4. The lowest BCUT2D eigenvalue weighted by Gasteiger charge is -2.20. The minimum atomic E-state index is -0.982. The van der Waals surface area contributed by atoms with Gasteiger partial charge in [-0.1, -0.05) is 67.1 Å². The molecule has 1 heterocycles. The van der Waals surface area contributed by atoms with Gasteiger partial charge in [-0.25, -0.2) is 9.69 Å². The quantitative estimate of drug-likeness (QED) is 0.579. The zero-order chi connectivity index (χ0) is 21.0. The average molecular weight is 393 g/mol. The normalized spacial score (nSPS) is 15.0. The minimum Gasteiger partial charge on any atom is -0.348 e. The largest absolute Gasteiger partial charge is 0.348 e. The average Bonchev–Trinajstić information content (AvgIpc) is 2.92. The molecular weight excluding hydrogens is 370 g/mol. The van der Waals surface area contributed by atoms with Crippen LogP contribution < -0.4 is 5.32 Å². The molecule has 1 N–H and O–H groups in total. The third kappa shape index (κ3) is 4.51. The lowest BCUT2D eigenvalue weighted by Crippen LogP contribution is -2.42. The lowest BCUT2D eigenvalue weighted by atomic mass is 10.0. The van der Waals surface area contributed by atoms with Crippen molar-refractivity contribution < 1.29 is 19.2 Å². The van der Waals surface area contributed by atoms with Gasteiger partial charge in [-0.05, 0) is 24.5 Å². The fraction of sp³-hybridized carbons (Fsp3) is 0.273. The van der Waals surface area contributed by atoms with Crippen LogP contribution in [0.4, 0.5) is 4.79 Å². The predicted molar refractivity (Wildman–Crippen MR) is 106 cm³/mol. The standard InChI is InChI=1S/C22H23N3O4/c1-3-18(17-11-9-15(2)10-12-17)23-19(26)14-25-21(28)20(27)24(22(25)29)13-16-7-5-4-6-8-16/h4-12,18H,3,13-14H2,1-2H3,(H,23,26)/t18-/m1/s1. The summed E-state index contributed by atoms with van der Waals surface area (Å²) >= 11 is 0. The number of urea groups is 1. The second-order valence-electron chi connectivity index (χ2n) is 6.99.